The van der Waals surface area contributed by atoms with Crippen molar-refractivity contribution in [1.82, 2.24) is 19.7 Å². The Bertz CT molecular complexity index is 509. The number of hydrogen-bond donors (Lipinski definition) is 2. The van der Waals surface area contributed by atoms with Crippen LogP contribution in [0.3, 0.4) is 0 Å². The number of hydrazine groups is 1. The van der Waals surface area contributed by atoms with Crippen molar-refractivity contribution < 1.29 is 0 Å². The molecule has 0 aliphatic rings. The molecule has 0 unspecified atom stereocenters. The van der Waals surface area contributed by atoms with E-state index in [1.54, 1.807) is 10.9 Å². The van der Waals surface area contributed by atoms with Gasteiger partial charge in [0.05, 0.1) is 30.6 Å². The highest BCUT2D eigenvalue weighted by Gasteiger charge is 2.07. The van der Waals surface area contributed by atoms with E-state index < -0.39 is 0 Å². The van der Waals surface area contributed by atoms with E-state index in [-0.39, 0.29) is 0 Å². The van der Waals surface area contributed by atoms with Crippen molar-refractivity contribution in [1.29, 1.82) is 5.26 Å². The third-order valence-electron chi connectivity index (χ3n) is 2.01. The van der Waals surface area contributed by atoms with E-state index in [1.165, 1.54) is 6.33 Å². The van der Waals surface area contributed by atoms with Crippen LogP contribution in [0.15, 0.2) is 12.5 Å². The van der Waals surface area contributed by atoms with Gasteiger partial charge in [-0.3, -0.25) is 0 Å². The Morgan fingerprint density at radius 1 is 1.53 bits per heavy atom. The molecule has 0 fully saturated rings. The topological polar surface area (TPSA) is 105 Å². The van der Waals surface area contributed by atoms with Gasteiger partial charge < -0.3 is 5.43 Å². The second kappa shape index (κ2) is 3.89. The molecule has 2 rings (SSSR count). The molecule has 2 heterocycles. The third-order valence-corrected chi connectivity index (χ3v) is 2.01. The minimum Gasteiger partial charge on any atom is -0.308 e. The van der Waals surface area contributed by atoms with E-state index in [2.05, 4.69) is 26.6 Å². The van der Waals surface area contributed by atoms with Crippen LogP contribution in [-0.4, -0.2) is 19.7 Å². The Balaban J connectivity index is 2.47. The van der Waals surface area contributed by atoms with Gasteiger partial charge in [0.25, 0.3) is 0 Å². The minimum atomic E-state index is 0.395. The molecule has 0 saturated heterocycles. The van der Waals surface area contributed by atoms with Gasteiger partial charge in [0.1, 0.15) is 6.33 Å². The van der Waals surface area contributed by atoms with E-state index in [1.807, 2.05) is 0 Å². The van der Waals surface area contributed by atoms with E-state index in [0.29, 0.717) is 24.4 Å². The first-order chi connectivity index (χ1) is 7.36. The fourth-order valence-corrected chi connectivity index (χ4v) is 1.33. The van der Waals surface area contributed by atoms with Gasteiger partial charge in [0.2, 0.25) is 0 Å². The van der Waals surface area contributed by atoms with E-state index in [0.717, 1.165) is 5.39 Å². The number of fused-ring (bicyclic) bond motifs is 1. The zero-order chi connectivity index (χ0) is 10.7. The number of anilines is 1. The maximum absolute atomic E-state index is 8.48. The van der Waals surface area contributed by atoms with Crippen LogP contribution in [0, 0.1) is 11.3 Å². The van der Waals surface area contributed by atoms with Crippen molar-refractivity contribution in [2.75, 3.05) is 5.43 Å². The predicted octanol–water partition coefficient (Wildman–Crippen LogP) is 0.0256. The molecule has 76 valence electrons. The molecule has 0 radical (unpaired) electrons. The standard InChI is InChI=1S/C8H9N7/c9-2-1-3-15-8-6(4-13-15)7(14-10)11-5-12-8/h4-5H,1,3,10H2,(H,11,12,14). The second-order valence-electron chi connectivity index (χ2n) is 2.88. The monoisotopic (exact) mass is 203 g/mol. The molecular formula is C8H9N7. The molecule has 3 N–H and O–H groups in total. The number of nitrogens with one attached hydrogen (secondary N) is 1. The number of aryl methyl sites for hydroxylation is 1. The molecule has 0 aliphatic heterocycles. The van der Waals surface area contributed by atoms with Crippen LogP contribution < -0.4 is 11.3 Å². The first kappa shape index (κ1) is 9.36. The van der Waals surface area contributed by atoms with Crippen molar-refractivity contribution in [3.63, 3.8) is 0 Å². The van der Waals surface area contributed by atoms with Gasteiger partial charge >= 0.3 is 0 Å². The molecule has 0 saturated carbocycles. The van der Waals surface area contributed by atoms with Gasteiger partial charge in [-0.15, -0.1) is 0 Å². The number of rotatable bonds is 3. The Hall–Kier alpha value is -2.20. The van der Waals surface area contributed by atoms with Crippen LogP contribution in [0.2, 0.25) is 0 Å². The van der Waals surface area contributed by atoms with E-state index in [4.69, 9.17) is 11.1 Å². The fourth-order valence-electron chi connectivity index (χ4n) is 1.33. The van der Waals surface area contributed by atoms with Crippen LogP contribution in [0.25, 0.3) is 11.0 Å². The van der Waals surface area contributed by atoms with Crippen molar-refractivity contribution >= 4 is 16.9 Å². The van der Waals surface area contributed by atoms with Gasteiger partial charge in [-0.05, 0) is 0 Å². The van der Waals surface area contributed by atoms with Gasteiger partial charge in [0, 0.05) is 0 Å². The van der Waals surface area contributed by atoms with Gasteiger partial charge in [-0.1, -0.05) is 0 Å². The molecule has 2 aromatic heterocycles. The summed E-state index contributed by atoms with van der Waals surface area (Å²) >= 11 is 0. The number of nitriles is 1. The molecule has 0 aliphatic carbocycles. The third kappa shape index (κ3) is 1.58. The molecular weight excluding hydrogens is 194 g/mol. The van der Waals surface area contributed by atoms with Crippen LogP contribution in [-0.2, 0) is 6.54 Å². The van der Waals surface area contributed by atoms with Crippen molar-refractivity contribution in [2.45, 2.75) is 13.0 Å². The number of aromatic nitrogens is 4. The highest BCUT2D eigenvalue weighted by molar-refractivity contribution is 5.85. The molecule has 15 heavy (non-hydrogen) atoms. The summed E-state index contributed by atoms with van der Waals surface area (Å²) in [6.45, 7) is 0.515. The summed E-state index contributed by atoms with van der Waals surface area (Å²) in [7, 11) is 0. The first-order valence-electron chi connectivity index (χ1n) is 4.37. The molecule has 2 aromatic rings. The first-order valence-corrected chi connectivity index (χ1v) is 4.37. The zero-order valence-corrected chi connectivity index (χ0v) is 7.88. The number of nitrogen functional groups attached to an aromatic ring is 1. The van der Waals surface area contributed by atoms with Crippen molar-refractivity contribution in [3.8, 4) is 6.07 Å². The highest BCUT2D eigenvalue weighted by Crippen LogP contribution is 2.17. The molecule has 0 bridgehead atoms. The lowest BCUT2D eigenvalue weighted by molar-refractivity contribution is 0.643. The maximum atomic E-state index is 8.48. The summed E-state index contributed by atoms with van der Waals surface area (Å²) in [5.74, 6) is 5.83. The average molecular weight is 203 g/mol. The number of nitrogens with zero attached hydrogens (tertiary/aromatic N) is 5. The van der Waals surface area contributed by atoms with Crippen LogP contribution in [0.5, 0.6) is 0 Å². The Kier molecular flexibility index (Phi) is 2.43. The van der Waals surface area contributed by atoms with Crippen LogP contribution >= 0.6 is 0 Å². The molecule has 0 aromatic carbocycles. The predicted molar refractivity (Wildman–Crippen MR) is 53.4 cm³/mol. The average Bonchev–Trinajstić information content (AvgIpc) is 2.69. The summed E-state index contributed by atoms with van der Waals surface area (Å²) in [6, 6.07) is 2.05. The normalized spacial score (nSPS) is 10.1. The number of hydrogen-bond acceptors (Lipinski definition) is 6. The summed E-state index contributed by atoms with van der Waals surface area (Å²) in [5.41, 5.74) is 3.14. The molecule has 0 amide bonds. The molecule has 7 heteroatoms. The summed E-state index contributed by atoms with van der Waals surface area (Å²) < 4.78 is 1.65. The molecule has 7 nitrogen and oxygen atoms in total. The van der Waals surface area contributed by atoms with Crippen LogP contribution in [0.1, 0.15) is 6.42 Å². The van der Waals surface area contributed by atoms with E-state index in [9.17, 15) is 0 Å². The molecule has 0 atom stereocenters. The molecule has 0 spiro atoms. The lowest BCUT2D eigenvalue weighted by Crippen LogP contribution is -2.09. The second-order valence-corrected chi connectivity index (χ2v) is 2.88. The summed E-state index contributed by atoms with van der Waals surface area (Å²) in [6.07, 6.45) is 3.43. The van der Waals surface area contributed by atoms with Gasteiger partial charge in [-0.25, -0.2) is 20.5 Å². The van der Waals surface area contributed by atoms with Gasteiger partial charge in [-0.2, -0.15) is 10.4 Å². The maximum Gasteiger partial charge on any atom is 0.163 e. The summed E-state index contributed by atoms with van der Waals surface area (Å²) in [4.78, 5) is 8.04. The Morgan fingerprint density at radius 3 is 3.13 bits per heavy atom. The Labute approximate surface area is 85.5 Å². The lowest BCUT2D eigenvalue weighted by atomic mass is 10.4. The lowest BCUT2D eigenvalue weighted by Gasteiger charge is -2.00. The fraction of sp³-hybridized carbons (Fsp3) is 0.250. The Morgan fingerprint density at radius 2 is 2.40 bits per heavy atom. The minimum absolute atomic E-state index is 0.395. The van der Waals surface area contributed by atoms with Crippen molar-refractivity contribution in [2.24, 2.45) is 5.84 Å². The summed E-state index contributed by atoms with van der Waals surface area (Å²) in [5, 5.41) is 13.3. The quantitative estimate of drug-likeness (QED) is 0.538. The van der Waals surface area contributed by atoms with Gasteiger partial charge in [0.15, 0.2) is 11.5 Å². The number of nitrogens with two attached hydrogens (primary N) is 1. The smallest absolute Gasteiger partial charge is 0.163 e. The highest BCUT2D eigenvalue weighted by atomic mass is 15.3. The SMILES string of the molecule is N#CCCn1ncc2c(NN)ncnc21. The largest absolute Gasteiger partial charge is 0.308 e. The zero-order valence-electron chi connectivity index (χ0n) is 7.88. The van der Waals surface area contributed by atoms with Crippen LogP contribution in [0.4, 0.5) is 5.82 Å². The van der Waals surface area contributed by atoms with E-state index >= 15 is 0 Å². The van der Waals surface area contributed by atoms with Crippen molar-refractivity contribution in [3.05, 3.63) is 12.5 Å².